The Morgan fingerprint density at radius 2 is 1.71 bits per heavy atom. The highest BCUT2D eigenvalue weighted by Crippen LogP contribution is 2.32. The molecule has 2 aromatic carbocycles. The van der Waals surface area contributed by atoms with Crippen LogP contribution in [0, 0.1) is 11.3 Å². The van der Waals surface area contributed by atoms with Gasteiger partial charge in [0.2, 0.25) is 0 Å². The number of amides is 3. The summed E-state index contributed by atoms with van der Waals surface area (Å²) in [6.45, 7) is 2.92. The van der Waals surface area contributed by atoms with Crippen LogP contribution in [0.3, 0.4) is 0 Å². The van der Waals surface area contributed by atoms with Crippen LogP contribution in [0.15, 0.2) is 58.3 Å². The summed E-state index contributed by atoms with van der Waals surface area (Å²) in [5.41, 5.74) is 0.755. The Balaban J connectivity index is 2.04. The van der Waals surface area contributed by atoms with Crippen molar-refractivity contribution in [3.63, 3.8) is 0 Å². The number of rotatable bonds is 6. The number of nitrogens with one attached hydrogen (secondary N) is 2. The van der Waals surface area contributed by atoms with E-state index in [0.717, 1.165) is 0 Å². The number of esters is 1. The molecule has 28 heavy (non-hydrogen) atoms. The summed E-state index contributed by atoms with van der Waals surface area (Å²) in [5.74, 6) is -1.43. The molecule has 2 N–H and O–H groups in total. The lowest BCUT2D eigenvalue weighted by atomic mass is 10.2. The molecule has 144 valence electrons. The van der Waals surface area contributed by atoms with E-state index >= 15 is 0 Å². The number of imide groups is 1. The van der Waals surface area contributed by atoms with Crippen LogP contribution in [0.5, 0.6) is 0 Å². The van der Waals surface area contributed by atoms with Gasteiger partial charge in [0, 0.05) is 15.8 Å². The van der Waals surface area contributed by atoms with E-state index in [9.17, 15) is 19.6 Å². The smallest absolute Gasteiger partial charge is 0.339 e. The summed E-state index contributed by atoms with van der Waals surface area (Å²) >= 11 is 1.26. The first-order chi connectivity index (χ1) is 13.4. The summed E-state index contributed by atoms with van der Waals surface area (Å²) < 4.78 is 5.02. The van der Waals surface area contributed by atoms with E-state index in [-0.39, 0.29) is 11.6 Å². The lowest BCUT2D eigenvalue weighted by Gasteiger charge is -2.11. The molecule has 8 heteroatoms. The number of urea groups is 1. The number of hydrogen-bond acceptors (Lipinski definition) is 6. The molecule has 0 spiro atoms. The minimum absolute atomic E-state index is 0.129. The van der Waals surface area contributed by atoms with Crippen LogP contribution < -0.4 is 10.6 Å². The number of ether oxygens (including phenoxy) is 1. The molecule has 0 radical (unpaired) electrons. The molecule has 0 aliphatic heterocycles. The Bertz CT molecular complexity index is 922. The Hall–Kier alpha value is -3.31. The van der Waals surface area contributed by atoms with E-state index < -0.39 is 24.5 Å². The molecule has 7 nitrogen and oxygen atoms in total. The quantitative estimate of drug-likeness (QED) is 0.725. The number of carbonyl (C=O) groups excluding carboxylic acids is 3. The molecule has 0 aliphatic carbocycles. The lowest BCUT2D eigenvalue weighted by molar-refractivity contribution is -0.123. The third-order valence-corrected chi connectivity index (χ3v) is 4.49. The van der Waals surface area contributed by atoms with Crippen molar-refractivity contribution in [2.75, 3.05) is 6.61 Å². The minimum Gasteiger partial charge on any atom is -0.452 e. The van der Waals surface area contributed by atoms with E-state index in [0.29, 0.717) is 15.4 Å². The molecular weight excluding hydrogens is 378 g/mol. The van der Waals surface area contributed by atoms with Gasteiger partial charge in [-0.25, -0.2) is 9.59 Å². The summed E-state index contributed by atoms with van der Waals surface area (Å²) in [6, 6.07) is 15.1. The second-order valence-corrected chi connectivity index (χ2v) is 7.04. The third-order valence-electron chi connectivity index (χ3n) is 3.34. The van der Waals surface area contributed by atoms with Crippen LogP contribution in [0.2, 0.25) is 0 Å². The van der Waals surface area contributed by atoms with Gasteiger partial charge in [0.15, 0.2) is 6.61 Å². The number of hydrogen-bond donors (Lipinski definition) is 2. The van der Waals surface area contributed by atoms with Crippen molar-refractivity contribution in [2.24, 2.45) is 0 Å². The van der Waals surface area contributed by atoms with Gasteiger partial charge >= 0.3 is 12.0 Å². The van der Waals surface area contributed by atoms with Crippen molar-refractivity contribution in [3.8, 4) is 6.07 Å². The van der Waals surface area contributed by atoms with Crippen molar-refractivity contribution in [3.05, 3.63) is 59.7 Å². The van der Waals surface area contributed by atoms with Crippen LogP contribution in [0.4, 0.5) is 4.79 Å². The largest absolute Gasteiger partial charge is 0.452 e. The normalized spacial score (nSPS) is 10.1. The molecule has 0 fully saturated rings. The van der Waals surface area contributed by atoms with Gasteiger partial charge in [0.1, 0.15) is 6.07 Å². The van der Waals surface area contributed by atoms with E-state index in [4.69, 9.17) is 4.74 Å². The Morgan fingerprint density at radius 3 is 2.39 bits per heavy atom. The van der Waals surface area contributed by atoms with Crippen LogP contribution in [0.1, 0.15) is 29.8 Å². The molecule has 0 aliphatic rings. The maximum Gasteiger partial charge on any atom is 0.339 e. The van der Waals surface area contributed by atoms with E-state index in [1.807, 2.05) is 0 Å². The molecule has 0 saturated carbocycles. The fraction of sp³-hybridized carbons (Fsp3) is 0.200. The van der Waals surface area contributed by atoms with Crippen molar-refractivity contribution in [1.29, 1.82) is 5.26 Å². The summed E-state index contributed by atoms with van der Waals surface area (Å²) in [6.07, 6.45) is 0. The molecule has 3 amide bonds. The van der Waals surface area contributed by atoms with Crippen molar-refractivity contribution >= 4 is 29.7 Å². The average Bonchev–Trinajstić information content (AvgIpc) is 2.66. The van der Waals surface area contributed by atoms with Gasteiger partial charge < -0.3 is 10.1 Å². The second kappa shape index (κ2) is 10.1. The highest BCUT2D eigenvalue weighted by Gasteiger charge is 2.17. The number of nitrogens with zero attached hydrogens (tertiary/aromatic N) is 1. The van der Waals surface area contributed by atoms with Gasteiger partial charge in [-0.15, -0.1) is 0 Å². The van der Waals surface area contributed by atoms with Crippen molar-refractivity contribution < 1.29 is 19.1 Å². The molecule has 2 rings (SSSR count). The molecule has 0 bridgehead atoms. The number of benzene rings is 2. The van der Waals surface area contributed by atoms with Crippen LogP contribution in [-0.4, -0.2) is 30.6 Å². The van der Waals surface area contributed by atoms with Gasteiger partial charge in [0.25, 0.3) is 5.91 Å². The van der Waals surface area contributed by atoms with Gasteiger partial charge in [-0.1, -0.05) is 36.0 Å². The van der Waals surface area contributed by atoms with Crippen LogP contribution in [-0.2, 0) is 9.53 Å². The molecule has 0 aromatic heterocycles. The molecule has 0 atom stereocenters. The fourth-order valence-corrected chi connectivity index (χ4v) is 3.18. The molecule has 0 heterocycles. The Labute approximate surface area is 167 Å². The third kappa shape index (κ3) is 6.14. The molecule has 0 unspecified atom stereocenters. The van der Waals surface area contributed by atoms with Crippen LogP contribution in [0.25, 0.3) is 0 Å². The zero-order chi connectivity index (χ0) is 20.5. The van der Waals surface area contributed by atoms with Gasteiger partial charge in [-0.2, -0.15) is 5.26 Å². The second-order valence-electron chi connectivity index (χ2n) is 5.96. The first-order valence-electron chi connectivity index (χ1n) is 8.44. The first kappa shape index (κ1) is 21.0. The van der Waals surface area contributed by atoms with Gasteiger partial charge in [-0.05, 0) is 38.1 Å². The highest BCUT2D eigenvalue weighted by atomic mass is 32.2. The molecule has 0 saturated heterocycles. The topological polar surface area (TPSA) is 108 Å². The van der Waals surface area contributed by atoms with E-state index in [1.54, 1.807) is 62.4 Å². The zero-order valence-electron chi connectivity index (χ0n) is 15.4. The number of carbonyl (C=O) groups is 3. The minimum atomic E-state index is -0.730. The predicted octanol–water partition coefficient (Wildman–Crippen LogP) is 3.10. The lowest BCUT2D eigenvalue weighted by Crippen LogP contribution is -2.44. The first-order valence-corrected chi connectivity index (χ1v) is 9.26. The van der Waals surface area contributed by atoms with Crippen molar-refractivity contribution in [1.82, 2.24) is 10.6 Å². The summed E-state index contributed by atoms with van der Waals surface area (Å²) in [7, 11) is 0. The average molecular weight is 397 g/mol. The number of nitriles is 1. The van der Waals surface area contributed by atoms with Crippen LogP contribution >= 0.6 is 11.8 Å². The van der Waals surface area contributed by atoms with Crippen molar-refractivity contribution in [2.45, 2.75) is 29.7 Å². The highest BCUT2D eigenvalue weighted by molar-refractivity contribution is 7.99. The fourth-order valence-electron chi connectivity index (χ4n) is 2.16. The van der Waals surface area contributed by atoms with E-state index in [1.165, 1.54) is 11.8 Å². The monoisotopic (exact) mass is 397 g/mol. The van der Waals surface area contributed by atoms with Gasteiger partial charge in [-0.3, -0.25) is 10.1 Å². The van der Waals surface area contributed by atoms with Gasteiger partial charge in [0.05, 0.1) is 11.1 Å². The SMILES string of the molecule is CC(C)NC(=O)NC(=O)COC(=O)c1ccccc1Sc1ccccc1C#N. The Morgan fingerprint density at radius 1 is 1.07 bits per heavy atom. The summed E-state index contributed by atoms with van der Waals surface area (Å²) in [5, 5.41) is 13.8. The summed E-state index contributed by atoms with van der Waals surface area (Å²) in [4.78, 5) is 36.9. The maximum absolute atomic E-state index is 12.4. The standard InChI is InChI=1S/C20H19N3O4S/c1-13(2)22-20(26)23-18(24)12-27-19(25)15-8-4-6-10-17(15)28-16-9-5-3-7-14(16)11-21/h3-10,13H,12H2,1-2H3,(H2,22,23,24,26). The Kier molecular flexibility index (Phi) is 7.60. The molecule has 2 aromatic rings. The maximum atomic E-state index is 12.4. The van der Waals surface area contributed by atoms with E-state index in [2.05, 4.69) is 16.7 Å². The predicted molar refractivity (Wildman–Crippen MR) is 104 cm³/mol. The molecular formula is C20H19N3O4S. The zero-order valence-corrected chi connectivity index (χ0v) is 16.2.